The minimum Gasteiger partial charge on any atom is -0.480 e. The number of hydrogen-bond acceptors (Lipinski definition) is 8. The van der Waals surface area contributed by atoms with Crippen molar-refractivity contribution in [2.45, 2.75) is 36.7 Å². The van der Waals surface area contributed by atoms with Crippen molar-refractivity contribution in [3.63, 3.8) is 0 Å². The van der Waals surface area contributed by atoms with Crippen molar-refractivity contribution in [2.24, 2.45) is 0 Å². The SMILES string of the molecule is COc1cnc2cccc(CCN3CCC(NCc4ccc5c(n4)NC(=O)CS5)CC3)c2n1. The molecule has 2 aliphatic heterocycles. The van der Waals surface area contributed by atoms with E-state index >= 15 is 0 Å². The van der Waals surface area contributed by atoms with Crippen LogP contribution in [0, 0.1) is 0 Å². The number of rotatable bonds is 7. The van der Waals surface area contributed by atoms with E-state index in [1.165, 1.54) is 5.56 Å². The number of para-hydroxylation sites is 1. The number of likely N-dealkylation sites (tertiary alicyclic amines) is 1. The number of anilines is 1. The molecule has 172 valence electrons. The molecule has 1 amide bonds. The van der Waals surface area contributed by atoms with Crippen LogP contribution in [-0.2, 0) is 17.8 Å². The van der Waals surface area contributed by atoms with E-state index in [9.17, 15) is 4.79 Å². The molecule has 9 heteroatoms. The molecule has 33 heavy (non-hydrogen) atoms. The lowest BCUT2D eigenvalue weighted by molar-refractivity contribution is -0.113. The van der Waals surface area contributed by atoms with Crippen LogP contribution in [0.25, 0.3) is 11.0 Å². The summed E-state index contributed by atoms with van der Waals surface area (Å²) >= 11 is 1.54. The molecule has 0 spiro atoms. The van der Waals surface area contributed by atoms with Crippen molar-refractivity contribution in [2.75, 3.05) is 37.8 Å². The van der Waals surface area contributed by atoms with E-state index in [2.05, 4.69) is 42.6 Å². The topological polar surface area (TPSA) is 92.3 Å². The molecule has 8 nitrogen and oxygen atoms in total. The summed E-state index contributed by atoms with van der Waals surface area (Å²) in [6.45, 7) is 3.87. The minimum absolute atomic E-state index is 0.0205. The van der Waals surface area contributed by atoms with Crippen LogP contribution >= 0.6 is 11.8 Å². The van der Waals surface area contributed by atoms with Crippen molar-refractivity contribution in [1.29, 1.82) is 0 Å². The number of hydrogen-bond donors (Lipinski definition) is 2. The largest absolute Gasteiger partial charge is 0.480 e. The van der Waals surface area contributed by atoms with Gasteiger partial charge in [0.1, 0.15) is 5.82 Å². The Morgan fingerprint density at radius 3 is 2.94 bits per heavy atom. The molecule has 2 N–H and O–H groups in total. The molecule has 0 atom stereocenters. The molecule has 2 aliphatic rings. The average Bonchev–Trinajstić information content (AvgIpc) is 2.86. The van der Waals surface area contributed by atoms with Crippen LogP contribution in [0.4, 0.5) is 5.82 Å². The highest BCUT2D eigenvalue weighted by Crippen LogP contribution is 2.29. The fourth-order valence-corrected chi connectivity index (χ4v) is 5.12. The zero-order valence-electron chi connectivity index (χ0n) is 18.7. The number of piperidine rings is 1. The third-order valence-corrected chi connectivity index (χ3v) is 7.28. The Labute approximate surface area is 197 Å². The van der Waals surface area contributed by atoms with Gasteiger partial charge in [0, 0.05) is 19.1 Å². The van der Waals surface area contributed by atoms with Crippen LogP contribution in [0.5, 0.6) is 5.88 Å². The van der Waals surface area contributed by atoms with E-state index in [1.54, 1.807) is 25.1 Å². The number of methoxy groups -OCH3 is 1. The first-order chi connectivity index (χ1) is 16.2. The number of ether oxygens (including phenoxy) is 1. The van der Waals surface area contributed by atoms with Crippen LogP contribution in [0.3, 0.4) is 0 Å². The van der Waals surface area contributed by atoms with E-state index in [1.807, 2.05) is 18.2 Å². The highest BCUT2D eigenvalue weighted by Gasteiger charge is 2.20. The van der Waals surface area contributed by atoms with Gasteiger partial charge in [-0.05, 0) is 56.1 Å². The molecule has 5 rings (SSSR count). The number of thioether (sulfide) groups is 1. The molecule has 0 bridgehead atoms. The molecule has 3 aromatic rings. The summed E-state index contributed by atoms with van der Waals surface area (Å²) in [6.07, 6.45) is 4.83. The second-order valence-electron chi connectivity index (χ2n) is 8.43. The normalized spacial score (nSPS) is 17.1. The predicted molar refractivity (Wildman–Crippen MR) is 130 cm³/mol. The Hall–Kier alpha value is -2.75. The number of benzene rings is 1. The summed E-state index contributed by atoms with van der Waals surface area (Å²) in [4.78, 5) is 28.9. The predicted octanol–water partition coefficient (Wildman–Crippen LogP) is 2.87. The van der Waals surface area contributed by atoms with Gasteiger partial charge in [0.2, 0.25) is 11.8 Å². The Balaban J connectivity index is 1.11. The zero-order chi connectivity index (χ0) is 22.6. The monoisotopic (exact) mass is 464 g/mol. The number of nitrogens with one attached hydrogen (secondary N) is 2. The van der Waals surface area contributed by atoms with Gasteiger partial charge >= 0.3 is 0 Å². The van der Waals surface area contributed by atoms with Crippen LogP contribution in [0.1, 0.15) is 24.1 Å². The molecular formula is C24H28N6O2S. The zero-order valence-corrected chi connectivity index (χ0v) is 19.5. The quantitative estimate of drug-likeness (QED) is 0.552. The van der Waals surface area contributed by atoms with Gasteiger partial charge in [-0.2, -0.15) is 0 Å². The molecule has 0 radical (unpaired) electrons. The summed E-state index contributed by atoms with van der Waals surface area (Å²) in [6, 6.07) is 10.8. The van der Waals surface area contributed by atoms with Gasteiger partial charge in [-0.1, -0.05) is 12.1 Å². The third-order valence-electron chi connectivity index (χ3n) is 6.23. The smallest absolute Gasteiger partial charge is 0.235 e. The van der Waals surface area contributed by atoms with Gasteiger partial charge in [-0.15, -0.1) is 11.8 Å². The molecule has 0 aliphatic carbocycles. The third kappa shape index (κ3) is 5.26. The van der Waals surface area contributed by atoms with Gasteiger partial charge in [0.25, 0.3) is 0 Å². The van der Waals surface area contributed by atoms with Crippen molar-refractivity contribution in [3.05, 3.63) is 47.8 Å². The van der Waals surface area contributed by atoms with E-state index in [-0.39, 0.29) is 5.91 Å². The minimum atomic E-state index is 0.0205. The lowest BCUT2D eigenvalue weighted by atomic mass is 10.0. The summed E-state index contributed by atoms with van der Waals surface area (Å²) in [5.41, 5.74) is 4.01. The van der Waals surface area contributed by atoms with Crippen LogP contribution < -0.4 is 15.4 Å². The van der Waals surface area contributed by atoms with Crippen molar-refractivity contribution in [3.8, 4) is 5.88 Å². The maximum Gasteiger partial charge on any atom is 0.235 e. The lowest BCUT2D eigenvalue weighted by Gasteiger charge is -2.32. The average molecular weight is 465 g/mol. The number of carbonyl (C=O) groups excluding carboxylic acids is 1. The second kappa shape index (κ2) is 10.0. The first kappa shape index (κ1) is 22.1. The molecule has 2 aromatic heterocycles. The highest BCUT2D eigenvalue weighted by atomic mass is 32.2. The summed E-state index contributed by atoms with van der Waals surface area (Å²) < 4.78 is 5.26. The summed E-state index contributed by atoms with van der Waals surface area (Å²) in [7, 11) is 1.62. The Morgan fingerprint density at radius 1 is 1.21 bits per heavy atom. The number of carbonyl (C=O) groups is 1. The first-order valence-electron chi connectivity index (χ1n) is 11.3. The molecular weight excluding hydrogens is 436 g/mol. The fourth-order valence-electron chi connectivity index (χ4n) is 4.37. The van der Waals surface area contributed by atoms with E-state index in [0.29, 0.717) is 23.5 Å². The van der Waals surface area contributed by atoms with Crippen molar-refractivity contribution < 1.29 is 9.53 Å². The second-order valence-corrected chi connectivity index (χ2v) is 9.45. The standard InChI is InChI=1S/C24H28N6O2S/c1-32-22-14-26-19-4-2-3-16(23(19)29-22)7-10-30-11-8-17(9-12-30)25-13-18-5-6-20-24(27-18)28-21(31)15-33-20/h2-6,14,17,25H,7-13,15H2,1H3,(H,27,28,31). The summed E-state index contributed by atoms with van der Waals surface area (Å²) in [5, 5.41) is 6.51. The Morgan fingerprint density at radius 2 is 2.09 bits per heavy atom. The lowest BCUT2D eigenvalue weighted by Crippen LogP contribution is -2.43. The van der Waals surface area contributed by atoms with Gasteiger partial charge < -0.3 is 20.3 Å². The van der Waals surface area contributed by atoms with Crippen molar-refractivity contribution in [1.82, 2.24) is 25.2 Å². The molecule has 0 unspecified atom stereocenters. The van der Waals surface area contributed by atoms with Gasteiger partial charge in [0.15, 0.2) is 0 Å². The maximum atomic E-state index is 11.6. The van der Waals surface area contributed by atoms with Gasteiger partial charge in [-0.25, -0.2) is 15.0 Å². The van der Waals surface area contributed by atoms with E-state index in [0.717, 1.165) is 67.1 Å². The Bertz CT molecular complexity index is 1150. The molecule has 1 aromatic carbocycles. The number of pyridine rings is 1. The molecule has 1 saturated heterocycles. The van der Waals surface area contributed by atoms with Crippen molar-refractivity contribution >= 4 is 34.5 Å². The number of aromatic nitrogens is 3. The number of fused-ring (bicyclic) bond motifs is 2. The molecule has 0 saturated carbocycles. The van der Waals surface area contributed by atoms with Crippen LogP contribution in [-0.4, -0.2) is 64.3 Å². The van der Waals surface area contributed by atoms with E-state index in [4.69, 9.17) is 4.74 Å². The number of amides is 1. The van der Waals surface area contributed by atoms with Crippen LogP contribution in [0.15, 0.2) is 41.4 Å². The maximum absolute atomic E-state index is 11.6. The summed E-state index contributed by atoms with van der Waals surface area (Å²) in [5.74, 6) is 1.73. The fraction of sp³-hybridized carbons (Fsp3) is 0.417. The van der Waals surface area contributed by atoms with Gasteiger partial charge in [0.05, 0.1) is 40.7 Å². The van der Waals surface area contributed by atoms with E-state index < -0.39 is 0 Å². The molecule has 4 heterocycles. The highest BCUT2D eigenvalue weighted by molar-refractivity contribution is 8.00. The number of nitrogens with zero attached hydrogens (tertiary/aromatic N) is 4. The molecule has 1 fully saturated rings. The Kier molecular flexibility index (Phi) is 6.70. The van der Waals surface area contributed by atoms with Gasteiger partial charge in [-0.3, -0.25) is 4.79 Å². The first-order valence-corrected chi connectivity index (χ1v) is 12.3. The van der Waals surface area contributed by atoms with Crippen LogP contribution in [0.2, 0.25) is 0 Å².